The summed E-state index contributed by atoms with van der Waals surface area (Å²) in [5.41, 5.74) is 6.86. The fraction of sp³-hybridized carbons (Fsp3) is 0.353. The van der Waals surface area contributed by atoms with Crippen molar-refractivity contribution in [2.24, 2.45) is 5.73 Å². The van der Waals surface area contributed by atoms with Gasteiger partial charge in [0, 0.05) is 36.2 Å². The summed E-state index contributed by atoms with van der Waals surface area (Å²) < 4.78 is 23.3. The Morgan fingerprint density at radius 1 is 1.33 bits per heavy atom. The van der Waals surface area contributed by atoms with Gasteiger partial charge >= 0.3 is 0 Å². The van der Waals surface area contributed by atoms with E-state index in [1.165, 1.54) is 0 Å². The van der Waals surface area contributed by atoms with Crippen LogP contribution in [0.2, 0.25) is 0 Å². The van der Waals surface area contributed by atoms with Crippen LogP contribution < -0.4 is 15.4 Å². The summed E-state index contributed by atoms with van der Waals surface area (Å²) in [7, 11) is 0. The minimum Gasteiger partial charge on any atom is -0.489 e. The lowest BCUT2D eigenvalue weighted by Crippen LogP contribution is -2.36. The van der Waals surface area contributed by atoms with E-state index in [4.69, 9.17) is 20.2 Å². The number of thiazole rings is 1. The lowest BCUT2D eigenvalue weighted by molar-refractivity contribution is 0.122. The van der Waals surface area contributed by atoms with Gasteiger partial charge in [0.2, 0.25) is 0 Å². The van der Waals surface area contributed by atoms with Crippen LogP contribution in [-0.4, -0.2) is 44.4 Å². The maximum absolute atomic E-state index is 12.5. The molecule has 1 aliphatic rings. The van der Waals surface area contributed by atoms with Crippen LogP contribution >= 0.6 is 11.3 Å². The Balaban J connectivity index is 1.64. The van der Waals surface area contributed by atoms with Crippen LogP contribution in [0.3, 0.4) is 0 Å². The molecule has 7 heteroatoms. The summed E-state index contributed by atoms with van der Waals surface area (Å²) in [6.45, 7) is 3.56. The van der Waals surface area contributed by atoms with E-state index in [2.05, 4.69) is 10.3 Å². The van der Waals surface area contributed by atoms with Gasteiger partial charge in [0.05, 0.1) is 19.5 Å². The second kappa shape index (κ2) is 8.23. The van der Waals surface area contributed by atoms with E-state index in [9.17, 15) is 4.39 Å². The van der Waals surface area contributed by atoms with Gasteiger partial charge in [-0.05, 0) is 24.3 Å². The van der Waals surface area contributed by atoms with Gasteiger partial charge in [0.15, 0.2) is 0 Å². The topological polar surface area (TPSA) is 60.6 Å². The van der Waals surface area contributed by atoms with Crippen molar-refractivity contribution in [2.45, 2.75) is 0 Å². The third-order valence-corrected chi connectivity index (χ3v) is 4.65. The van der Waals surface area contributed by atoms with Gasteiger partial charge in [0.25, 0.3) is 0 Å². The average molecular weight is 349 g/mol. The van der Waals surface area contributed by atoms with Crippen LogP contribution in [0.1, 0.15) is 0 Å². The van der Waals surface area contributed by atoms with Crippen LogP contribution in [0.15, 0.2) is 41.5 Å². The molecule has 2 N–H and O–H groups in total. The van der Waals surface area contributed by atoms with Crippen molar-refractivity contribution in [3.8, 4) is 16.3 Å². The molecule has 1 aliphatic heterocycles. The average Bonchev–Trinajstić information content (AvgIpc) is 3.14. The first kappa shape index (κ1) is 16.9. The molecule has 3 rings (SSSR count). The van der Waals surface area contributed by atoms with Gasteiger partial charge in [-0.2, -0.15) is 0 Å². The lowest BCUT2D eigenvalue weighted by Gasteiger charge is -2.26. The molecule has 1 aromatic carbocycles. The number of hydrogen-bond donors (Lipinski definition) is 1. The van der Waals surface area contributed by atoms with E-state index in [1.807, 2.05) is 24.3 Å². The van der Waals surface area contributed by atoms with Gasteiger partial charge in [-0.1, -0.05) is 0 Å². The van der Waals surface area contributed by atoms with Crippen molar-refractivity contribution in [3.05, 3.63) is 41.5 Å². The van der Waals surface area contributed by atoms with E-state index in [-0.39, 0.29) is 13.2 Å². The normalized spacial score (nSPS) is 15.6. The molecule has 5 nitrogen and oxygen atoms in total. The predicted molar refractivity (Wildman–Crippen MR) is 94.3 cm³/mol. The third kappa shape index (κ3) is 4.11. The molecule has 24 heavy (non-hydrogen) atoms. The highest BCUT2D eigenvalue weighted by Gasteiger charge is 2.14. The number of ether oxygens (including phenoxy) is 2. The largest absolute Gasteiger partial charge is 0.489 e. The van der Waals surface area contributed by atoms with Crippen molar-refractivity contribution in [1.29, 1.82) is 0 Å². The number of hydrogen-bond acceptors (Lipinski definition) is 6. The molecule has 0 unspecified atom stereocenters. The molecule has 0 aliphatic carbocycles. The van der Waals surface area contributed by atoms with Crippen molar-refractivity contribution in [2.75, 3.05) is 44.4 Å². The number of aromatic nitrogens is 1. The van der Waals surface area contributed by atoms with E-state index >= 15 is 0 Å². The molecule has 1 saturated heterocycles. The Morgan fingerprint density at radius 2 is 2.08 bits per heavy atom. The molecule has 0 atom stereocenters. The summed E-state index contributed by atoms with van der Waals surface area (Å²) in [4.78, 5) is 6.94. The van der Waals surface area contributed by atoms with Gasteiger partial charge in [-0.3, -0.25) is 0 Å². The second-order valence-corrected chi connectivity index (χ2v) is 6.25. The number of nitrogens with two attached hydrogens (primary N) is 1. The number of morpholine rings is 1. The summed E-state index contributed by atoms with van der Waals surface area (Å²) in [6.07, 6.45) is 0.497. The minimum absolute atomic E-state index is 0.151. The Bertz CT molecular complexity index is 681. The first-order valence-corrected chi connectivity index (χ1v) is 8.68. The number of anilines is 1. The highest BCUT2D eigenvalue weighted by Crippen LogP contribution is 2.29. The molecular weight excluding hydrogens is 329 g/mol. The molecule has 2 heterocycles. The Labute approximate surface area is 144 Å². The van der Waals surface area contributed by atoms with E-state index < -0.39 is 0 Å². The molecule has 0 saturated carbocycles. The first-order valence-electron chi connectivity index (χ1n) is 7.80. The standard InChI is InChI=1S/C17H20FN3O2S/c18-9-13(10-19)11-23-15-3-1-14(2-4-15)17-20-16(12-24-17)21-5-7-22-8-6-21/h1-4,9,12H,5-8,10-11,19H2/b13-9-. The number of benzene rings is 1. The van der Waals surface area contributed by atoms with E-state index in [1.54, 1.807) is 11.3 Å². The Morgan fingerprint density at radius 3 is 2.75 bits per heavy atom. The van der Waals surface area contributed by atoms with Gasteiger partial charge < -0.3 is 20.1 Å². The number of rotatable bonds is 6. The summed E-state index contributed by atoms with van der Waals surface area (Å²) in [5, 5.41) is 3.04. The molecule has 0 amide bonds. The van der Waals surface area contributed by atoms with Gasteiger partial charge in [-0.15, -0.1) is 11.3 Å². The van der Waals surface area contributed by atoms with Gasteiger partial charge in [-0.25, -0.2) is 9.37 Å². The maximum Gasteiger partial charge on any atom is 0.140 e. The van der Waals surface area contributed by atoms with Gasteiger partial charge in [0.1, 0.15) is 23.2 Å². The van der Waals surface area contributed by atoms with E-state index in [0.29, 0.717) is 17.7 Å². The minimum atomic E-state index is 0.151. The third-order valence-electron chi connectivity index (χ3n) is 3.77. The Hall–Kier alpha value is -1.96. The zero-order valence-corrected chi connectivity index (χ0v) is 14.1. The van der Waals surface area contributed by atoms with E-state index in [0.717, 1.165) is 42.7 Å². The van der Waals surface area contributed by atoms with Crippen molar-refractivity contribution < 1.29 is 13.9 Å². The summed E-state index contributed by atoms with van der Waals surface area (Å²) >= 11 is 1.62. The fourth-order valence-corrected chi connectivity index (χ4v) is 3.18. The fourth-order valence-electron chi connectivity index (χ4n) is 2.34. The monoisotopic (exact) mass is 349 g/mol. The quantitative estimate of drug-likeness (QED) is 0.869. The zero-order valence-electron chi connectivity index (χ0n) is 13.3. The van der Waals surface area contributed by atoms with Crippen LogP contribution in [0.5, 0.6) is 5.75 Å². The molecule has 2 aromatic rings. The molecular formula is C17H20FN3O2S. The number of halogens is 1. The molecule has 1 aromatic heterocycles. The summed E-state index contributed by atoms with van der Waals surface area (Å²) in [6, 6.07) is 7.63. The first-order chi connectivity index (χ1) is 11.8. The SMILES string of the molecule is NC/C(=C/F)COc1ccc(-c2nc(N3CCOCC3)cs2)cc1. The summed E-state index contributed by atoms with van der Waals surface area (Å²) in [5.74, 6) is 1.68. The highest BCUT2D eigenvalue weighted by molar-refractivity contribution is 7.13. The van der Waals surface area contributed by atoms with Crippen LogP contribution in [-0.2, 0) is 4.74 Å². The molecule has 1 fully saturated rings. The van der Waals surface area contributed by atoms with Crippen LogP contribution in [0.25, 0.3) is 10.6 Å². The molecule has 128 valence electrons. The van der Waals surface area contributed by atoms with Crippen molar-refractivity contribution in [1.82, 2.24) is 4.98 Å². The van der Waals surface area contributed by atoms with Crippen molar-refractivity contribution >= 4 is 17.2 Å². The van der Waals surface area contributed by atoms with Crippen LogP contribution in [0, 0.1) is 0 Å². The smallest absolute Gasteiger partial charge is 0.140 e. The zero-order chi connectivity index (χ0) is 16.8. The Kier molecular flexibility index (Phi) is 5.79. The highest BCUT2D eigenvalue weighted by atomic mass is 32.1. The van der Waals surface area contributed by atoms with Crippen molar-refractivity contribution in [3.63, 3.8) is 0 Å². The lowest BCUT2D eigenvalue weighted by atomic mass is 10.2. The number of nitrogens with zero attached hydrogens (tertiary/aromatic N) is 2. The predicted octanol–water partition coefficient (Wildman–Crippen LogP) is 2.84. The molecule has 0 bridgehead atoms. The molecule has 0 spiro atoms. The second-order valence-electron chi connectivity index (χ2n) is 5.39. The molecule has 0 radical (unpaired) electrons. The maximum atomic E-state index is 12.5. The van der Waals surface area contributed by atoms with Crippen LogP contribution in [0.4, 0.5) is 10.2 Å².